The summed E-state index contributed by atoms with van der Waals surface area (Å²) >= 11 is 0. The Morgan fingerprint density at radius 2 is 1.94 bits per heavy atom. The highest BCUT2D eigenvalue weighted by atomic mass is 16.5. The standard InChI is InChI=1S/C12H24N2O4/c1-5-9(3)14(8-11(15)16)12(17)13-7-10(4)18-6-2/h9-10H,5-8H2,1-4H3,(H,13,17)(H,15,16). The summed E-state index contributed by atoms with van der Waals surface area (Å²) in [5, 5.41) is 11.5. The van der Waals surface area contributed by atoms with E-state index in [0.717, 1.165) is 0 Å². The molecular weight excluding hydrogens is 236 g/mol. The van der Waals surface area contributed by atoms with E-state index in [4.69, 9.17) is 9.84 Å². The minimum absolute atomic E-state index is 0.0810. The van der Waals surface area contributed by atoms with Crippen LogP contribution >= 0.6 is 0 Å². The van der Waals surface area contributed by atoms with E-state index in [-0.39, 0.29) is 24.7 Å². The highest BCUT2D eigenvalue weighted by Crippen LogP contribution is 2.03. The monoisotopic (exact) mass is 260 g/mol. The van der Waals surface area contributed by atoms with Crippen molar-refractivity contribution >= 4 is 12.0 Å². The van der Waals surface area contributed by atoms with Gasteiger partial charge < -0.3 is 20.1 Å². The molecule has 0 spiro atoms. The zero-order valence-electron chi connectivity index (χ0n) is 11.6. The van der Waals surface area contributed by atoms with Crippen LogP contribution in [0.15, 0.2) is 0 Å². The number of ether oxygens (including phenoxy) is 1. The minimum atomic E-state index is -1.01. The van der Waals surface area contributed by atoms with Gasteiger partial charge in [0.05, 0.1) is 6.10 Å². The van der Waals surface area contributed by atoms with E-state index in [1.165, 1.54) is 4.90 Å². The first-order chi connectivity index (χ1) is 8.42. The van der Waals surface area contributed by atoms with Crippen molar-refractivity contribution in [3.63, 3.8) is 0 Å². The number of hydrogen-bond acceptors (Lipinski definition) is 3. The second-order valence-corrected chi connectivity index (χ2v) is 4.23. The Morgan fingerprint density at radius 1 is 1.33 bits per heavy atom. The number of carboxylic acid groups (broad SMARTS) is 1. The molecule has 2 unspecified atom stereocenters. The quantitative estimate of drug-likeness (QED) is 0.689. The molecule has 2 amide bonds. The molecule has 0 aromatic carbocycles. The number of aliphatic carboxylic acids is 1. The van der Waals surface area contributed by atoms with Crippen molar-refractivity contribution in [1.29, 1.82) is 0 Å². The summed E-state index contributed by atoms with van der Waals surface area (Å²) in [6.07, 6.45) is 0.629. The van der Waals surface area contributed by atoms with Crippen LogP contribution in [0, 0.1) is 0 Å². The lowest BCUT2D eigenvalue weighted by Crippen LogP contribution is -2.48. The molecule has 0 aromatic rings. The molecule has 0 aliphatic rings. The van der Waals surface area contributed by atoms with Crippen molar-refractivity contribution in [1.82, 2.24) is 10.2 Å². The highest BCUT2D eigenvalue weighted by Gasteiger charge is 2.21. The molecule has 0 heterocycles. The minimum Gasteiger partial charge on any atom is -0.480 e. The summed E-state index contributed by atoms with van der Waals surface area (Å²) in [6.45, 7) is 8.15. The third-order valence-corrected chi connectivity index (χ3v) is 2.68. The van der Waals surface area contributed by atoms with E-state index in [1.54, 1.807) is 0 Å². The van der Waals surface area contributed by atoms with E-state index >= 15 is 0 Å². The van der Waals surface area contributed by atoms with Crippen LogP contribution in [0.3, 0.4) is 0 Å². The number of rotatable bonds is 8. The van der Waals surface area contributed by atoms with Gasteiger partial charge in [0.15, 0.2) is 0 Å². The van der Waals surface area contributed by atoms with Crippen LogP contribution in [-0.4, -0.2) is 53.8 Å². The van der Waals surface area contributed by atoms with Crippen molar-refractivity contribution in [3.8, 4) is 0 Å². The van der Waals surface area contributed by atoms with E-state index in [9.17, 15) is 9.59 Å². The van der Waals surface area contributed by atoms with Crippen LogP contribution in [0.1, 0.15) is 34.1 Å². The number of hydrogen-bond donors (Lipinski definition) is 2. The predicted molar refractivity (Wildman–Crippen MR) is 68.6 cm³/mol. The third-order valence-electron chi connectivity index (χ3n) is 2.68. The zero-order chi connectivity index (χ0) is 14.1. The number of nitrogens with zero attached hydrogens (tertiary/aromatic N) is 1. The van der Waals surface area contributed by atoms with Gasteiger partial charge in [0.25, 0.3) is 0 Å². The molecule has 0 aliphatic heterocycles. The predicted octanol–water partition coefficient (Wildman–Crippen LogP) is 1.31. The summed E-state index contributed by atoms with van der Waals surface area (Å²) in [4.78, 5) is 23.9. The van der Waals surface area contributed by atoms with Gasteiger partial charge in [-0.2, -0.15) is 0 Å². The average Bonchev–Trinajstić information content (AvgIpc) is 2.32. The zero-order valence-corrected chi connectivity index (χ0v) is 11.6. The number of amides is 2. The van der Waals surface area contributed by atoms with E-state index < -0.39 is 5.97 Å². The summed E-state index contributed by atoms with van der Waals surface area (Å²) in [5.41, 5.74) is 0. The fourth-order valence-electron chi connectivity index (χ4n) is 1.47. The van der Waals surface area contributed by atoms with E-state index in [1.807, 2.05) is 27.7 Å². The number of carboxylic acids is 1. The normalized spacial score (nSPS) is 13.8. The van der Waals surface area contributed by atoms with Gasteiger partial charge in [-0.25, -0.2) is 4.79 Å². The number of nitrogens with one attached hydrogen (secondary N) is 1. The lowest BCUT2D eigenvalue weighted by atomic mass is 10.2. The van der Waals surface area contributed by atoms with Gasteiger partial charge in [-0.1, -0.05) is 6.92 Å². The molecule has 2 atom stereocenters. The van der Waals surface area contributed by atoms with Crippen molar-refractivity contribution in [2.24, 2.45) is 0 Å². The van der Waals surface area contributed by atoms with Crippen molar-refractivity contribution < 1.29 is 19.4 Å². The first-order valence-corrected chi connectivity index (χ1v) is 6.30. The molecule has 6 nitrogen and oxygen atoms in total. The Hall–Kier alpha value is -1.30. The van der Waals surface area contributed by atoms with E-state index in [0.29, 0.717) is 19.6 Å². The van der Waals surface area contributed by atoms with Gasteiger partial charge in [0.2, 0.25) is 0 Å². The van der Waals surface area contributed by atoms with Gasteiger partial charge in [-0.15, -0.1) is 0 Å². The molecule has 6 heteroatoms. The molecule has 106 valence electrons. The van der Waals surface area contributed by atoms with Crippen LogP contribution in [-0.2, 0) is 9.53 Å². The summed E-state index contributed by atoms with van der Waals surface area (Å²) < 4.78 is 5.29. The van der Waals surface area contributed by atoms with Gasteiger partial charge in [-0.05, 0) is 27.2 Å². The maximum Gasteiger partial charge on any atom is 0.323 e. The maximum atomic E-state index is 11.9. The highest BCUT2D eigenvalue weighted by molar-refractivity contribution is 5.80. The molecule has 0 rings (SSSR count). The van der Waals surface area contributed by atoms with Gasteiger partial charge in [-0.3, -0.25) is 4.79 Å². The Kier molecular flexibility index (Phi) is 8.11. The Bertz CT molecular complexity index is 271. The molecule has 0 saturated carbocycles. The number of carbonyl (C=O) groups is 2. The SMILES string of the molecule is CCOC(C)CNC(=O)N(CC(=O)O)C(C)CC. The molecule has 0 aliphatic carbocycles. The molecule has 2 N–H and O–H groups in total. The van der Waals surface area contributed by atoms with Crippen molar-refractivity contribution in [2.45, 2.75) is 46.3 Å². The topological polar surface area (TPSA) is 78.9 Å². The fraction of sp³-hybridized carbons (Fsp3) is 0.833. The Balaban J connectivity index is 4.33. The second kappa shape index (κ2) is 8.74. The van der Waals surface area contributed by atoms with Crippen molar-refractivity contribution in [2.75, 3.05) is 19.7 Å². The Labute approximate surface area is 108 Å². The number of carbonyl (C=O) groups excluding carboxylic acids is 1. The smallest absolute Gasteiger partial charge is 0.323 e. The van der Waals surface area contributed by atoms with Gasteiger partial charge in [0, 0.05) is 19.2 Å². The maximum absolute atomic E-state index is 11.9. The molecule has 0 radical (unpaired) electrons. The molecule has 0 bridgehead atoms. The number of urea groups is 1. The lowest BCUT2D eigenvalue weighted by Gasteiger charge is -2.27. The molecule has 18 heavy (non-hydrogen) atoms. The summed E-state index contributed by atoms with van der Waals surface area (Å²) in [7, 11) is 0. The lowest BCUT2D eigenvalue weighted by molar-refractivity contribution is -0.138. The van der Waals surface area contributed by atoms with Gasteiger partial charge in [0.1, 0.15) is 6.54 Å². The van der Waals surface area contributed by atoms with Crippen LogP contribution in [0.5, 0.6) is 0 Å². The first kappa shape index (κ1) is 16.7. The largest absolute Gasteiger partial charge is 0.480 e. The molecule has 0 aromatic heterocycles. The van der Waals surface area contributed by atoms with Crippen LogP contribution in [0.4, 0.5) is 4.79 Å². The fourth-order valence-corrected chi connectivity index (χ4v) is 1.47. The van der Waals surface area contributed by atoms with Gasteiger partial charge >= 0.3 is 12.0 Å². The molecule has 0 saturated heterocycles. The summed E-state index contributed by atoms with van der Waals surface area (Å²) in [5.74, 6) is -1.01. The molecule has 0 fully saturated rings. The van der Waals surface area contributed by atoms with Crippen LogP contribution < -0.4 is 5.32 Å². The average molecular weight is 260 g/mol. The summed E-state index contributed by atoms with van der Waals surface area (Å²) in [6, 6.07) is -0.471. The van der Waals surface area contributed by atoms with Crippen molar-refractivity contribution in [3.05, 3.63) is 0 Å². The van der Waals surface area contributed by atoms with Crippen LogP contribution in [0.25, 0.3) is 0 Å². The molecular formula is C12H24N2O4. The first-order valence-electron chi connectivity index (χ1n) is 6.30. The van der Waals surface area contributed by atoms with E-state index in [2.05, 4.69) is 5.32 Å². The second-order valence-electron chi connectivity index (χ2n) is 4.23. The third kappa shape index (κ3) is 6.44. The Morgan fingerprint density at radius 3 is 2.39 bits per heavy atom. The van der Waals surface area contributed by atoms with Crippen LogP contribution in [0.2, 0.25) is 0 Å².